The average Bonchev–Trinajstić information content (AvgIpc) is 2.33. The Morgan fingerprint density at radius 2 is 2.05 bits per heavy atom. The molecule has 0 amide bonds. The largest absolute Gasteiger partial charge is 0.351 e. The monoisotopic (exact) mass is 285 g/mol. The van der Waals surface area contributed by atoms with Gasteiger partial charge >= 0.3 is 0 Å². The molecule has 1 heterocycles. The van der Waals surface area contributed by atoms with Gasteiger partial charge in [0, 0.05) is 36.9 Å². The van der Waals surface area contributed by atoms with Crippen LogP contribution in [0.5, 0.6) is 0 Å². The van der Waals surface area contributed by atoms with Crippen molar-refractivity contribution in [2.75, 3.05) is 23.9 Å². The summed E-state index contributed by atoms with van der Waals surface area (Å²) in [5, 5.41) is 0. The molecule has 1 rings (SSSR count). The lowest BCUT2D eigenvalue weighted by molar-refractivity contribution is 0.382. The highest BCUT2D eigenvalue weighted by Crippen LogP contribution is 2.13. The number of anilines is 1. The summed E-state index contributed by atoms with van der Waals surface area (Å²) in [6.45, 7) is 9.63. The Morgan fingerprint density at radius 1 is 1.37 bits per heavy atom. The maximum Gasteiger partial charge on any atom is 0.293 e. The molecule has 1 aromatic heterocycles. The van der Waals surface area contributed by atoms with Crippen LogP contribution in [0.4, 0.5) is 5.82 Å². The average molecular weight is 286 g/mol. The van der Waals surface area contributed by atoms with Gasteiger partial charge in [-0.15, -0.1) is 11.6 Å². The van der Waals surface area contributed by atoms with Crippen molar-refractivity contribution >= 4 is 17.4 Å². The summed E-state index contributed by atoms with van der Waals surface area (Å²) in [6.07, 6.45) is 5.54. The summed E-state index contributed by atoms with van der Waals surface area (Å²) >= 11 is 5.83. The molecule has 1 aromatic rings. The van der Waals surface area contributed by atoms with E-state index in [0.717, 1.165) is 19.4 Å². The summed E-state index contributed by atoms with van der Waals surface area (Å²) in [7, 11) is 0. The summed E-state index contributed by atoms with van der Waals surface area (Å²) in [5.41, 5.74) is -0.289. The predicted molar refractivity (Wildman–Crippen MR) is 81.3 cm³/mol. The summed E-state index contributed by atoms with van der Waals surface area (Å²) in [6, 6.07) is 0. The van der Waals surface area contributed by atoms with Crippen molar-refractivity contribution in [1.82, 2.24) is 9.55 Å². The summed E-state index contributed by atoms with van der Waals surface area (Å²) < 4.78 is 1.72. The third-order valence-electron chi connectivity index (χ3n) is 2.98. The van der Waals surface area contributed by atoms with E-state index < -0.39 is 0 Å². The van der Waals surface area contributed by atoms with E-state index in [9.17, 15) is 4.79 Å². The van der Waals surface area contributed by atoms with Gasteiger partial charge in [-0.05, 0) is 27.2 Å². The smallest absolute Gasteiger partial charge is 0.293 e. The quantitative estimate of drug-likeness (QED) is 0.755. The number of unbranched alkanes of at least 4 members (excludes halogenated alkanes) is 1. The van der Waals surface area contributed by atoms with Crippen LogP contribution in [0, 0.1) is 0 Å². The molecule has 19 heavy (non-hydrogen) atoms. The van der Waals surface area contributed by atoms with Crippen LogP contribution >= 0.6 is 11.6 Å². The van der Waals surface area contributed by atoms with Crippen molar-refractivity contribution in [3.63, 3.8) is 0 Å². The van der Waals surface area contributed by atoms with Crippen LogP contribution in [0.2, 0.25) is 0 Å². The Hall–Kier alpha value is -1.03. The molecule has 0 unspecified atom stereocenters. The first-order chi connectivity index (χ1) is 8.91. The molecule has 0 aliphatic heterocycles. The topological polar surface area (TPSA) is 38.1 Å². The van der Waals surface area contributed by atoms with Gasteiger partial charge in [0.2, 0.25) is 0 Å². The highest BCUT2D eigenvalue weighted by Gasteiger charge is 2.19. The van der Waals surface area contributed by atoms with Gasteiger partial charge in [-0.25, -0.2) is 4.98 Å². The van der Waals surface area contributed by atoms with E-state index in [2.05, 4.69) is 11.9 Å². The highest BCUT2D eigenvalue weighted by molar-refractivity contribution is 6.18. The lowest BCUT2D eigenvalue weighted by Gasteiger charge is -2.26. The zero-order valence-electron chi connectivity index (χ0n) is 12.3. The third kappa shape index (κ3) is 4.23. The molecule has 0 radical (unpaired) electrons. The molecule has 0 N–H and O–H groups in total. The molecule has 108 valence electrons. The minimum atomic E-state index is -0.244. The van der Waals surface area contributed by atoms with Crippen LogP contribution in [0.15, 0.2) is 17.2 Å². The number of hydrogen-bond donors (Lipinski definition) is 0. The van der Waals surface area contributed by atoms with Crippen LogP contribution in [-0.2, 0) is 5.54 Å². The molecule has 0 aliphatic rings. The molecule has 5 heteroatoms. The van der Waals surface area contributed by atoms with Crippen molar-refractivity contribution in [3.05, 3.63) is 22.7 Å². The Balaban J connectivity index is 3.13. The SMILES string of the molecule is CCCCN(CCCl)c1nccn(C(C)(C)C)c1=O. The Morgan fingerprint density at radius 3 is 2.58 bits per heavy atom. The zero-order chi connectivity index (χ0) is 14.5. The number of aromatic nitrogens is 2. The van der Waals surface area contributed by atoms with Crippen LogP contribution in [0.25, 0.3) is 0 Å². The van der Waals surface area contributed by atoms with Crippen molar-refractivity contribution in [2.24, 2.45) is 0 Å². The van der Waals surface area contributed by atoms with Crippen LogP contribution in [-0.4, -0.2) is 28.5 Å². The van der Waals surface area contributed by atoms with Crippen LogP contribution in [0.1, 0.15) is 40.5 Å². The summed E-state index contributed by atoms with van der Waals surface area (Å²) in [5.74, 6) is 1.00. The van der Waals surface area contributed by atoms with E-state index >= 15 is 0 Å². The summed E-state index contributed by atoms with van der Waals surface area (Å²) in [4.78, 5) is 18.8. The first kappa shape index (κ1) is 16.0. The van der Waals surface area contributed by atoms with Gasteiger partial charge < -0.3 is 9.47 Å². The number of nitrogens with zero attached hydrogens (tertiary/aromatic N) is 3. The van der Waals surface area contributed by atoms with Gasteiger partial charge in [-0.2, -0.15) is 0 Å². The second kappa shape index (κ2) is 6.94. The maximum absolute atomic E-state index is 12.5. The molecule has 0 spiro atoms. The Labute approximate surface area is 120 Å². The Kier molecular flexibility index (Phi) is 5.85. The van der Waals surface area contributed by atoms with Crippen molar-refractivity contribution in [1.29, 1.82) is 0 Å². The zero-order valence-corrected chi connectivity index (χ0v) is 13.1. The molecule has 0 bridgehead atoms. The fourth-order valence-corrected chi connectivity index (χ4v) is 2.13. The van der Waals surface area contributed by atoms with E-state index in [0.29, 0.717) is 18.2 Å². The fourth-order valence-electron chi connectivity index (χ4n) is 1.92. The van der Waals surface area contributed by atoms with Gasteiger partial charge in [0.05, 0.1) is 0 Å². The van der Waals surface area contributed by atoms with Crippen molar-refractivity contribution < 1.29 is 0 Å². The van der Waals surface area contributed by atoms with E-state index in [1.54, 1.807) is 17.0 Å². The predicted octanol–water partition coefficient (Wildman–Crippen LogP) is 2.84. The lowest BCUT2D eigenvalue weighted by atomic mass is 10.1. The van der Waals surface area contributed by atoms with Gasteiger partial charge in [-0.3, -0.25) is 4.79 Å². The Bertz CT molecular complexity index is 451. The van der Waals surface area contributed by atoms with Gasteiger partial charge in [0.25, 0.3) is 5.56 Å². The molecule has 0 saturated heterocycles. The van der Waals surface area contributed by atoms with Gasteiger partial charge in [-0.1, -0.05) is 13.3 Å². The fraction of sp³-hybridized carbons (Fsp3) is 0.714. The van der Waals surface area contributed by atoms with E-state index in [1.807, 2.05) is 25.7 Å². The van der Waals surface area contributed by atoms with Gasteiger partial charge in [0.1, 0.15) is 0 Å². The highest BCUT2D eigenvalue weighted by atomic mass is 35.5. The second-order valence-corrected chi connectivity index (χ2v) is 6.00. The van der Waals surface area contributed by atoms with E-state index in [-0.39, 0.29) is 11.1 Å². The van der Waals surface area contributed by atoms with Gasteiger partial charge in [0.15, 0.2) is 5.82 Å². The van der Waals surface area contributed by atoms with E-state index in [1.165, 1.54) is 0 Å². The standard InChI is InChI=1S/C14H24ClN3O/c1-5-6-9-17(10-7-15)12-13(19)18(11-8-16-12)14(2,3)4/h8,11H,5-7,9-10H2,1-4H3. The van der Waals surface area contributed by atoms with Crippen molar-refractivity contribution in [2.45, 2.75) is 46.1 Å². The number of halogens is 1. The lowest BCUT2D eigenvalue weighted by Crippen LogP contribution is -2.39. The first-order valence-corrected chi connectivity index (χ1v) is 7.34. The molecule has 4 nitrogen and oxygen atoms in total. The van der Waals surface area contributed by atoms with Crippen molar-refractivity contribution in [3.8, 4) is 0 Å². The second-order valence-electron chi connectivity index (χ2n) is 5.63. The molecule has 0 saturated carbocycles. The minimum Gasteiger partial charge on any atom is -0.351 e. The molecule has 0 aromatic carbocycles. The maximum atomic E-state index is 12.5. The third-order valence-corrected chi connectivity index (χ3v) is 3.15. The minimum absolute atomic E-state index is 0.0452. The molecule has 0 aliphatic carbocycles. The molecular weight excluding hydrogens is 262 g/mol. The molecule has 0 fully saturated rings. The van der Waals surface area contributed by atoms with Crippen LogP contribution < -0.4 is 10.5 Å². The number of rotatable bonds is 6. The van der Waals surface area contributed by atoms with E-state index in [4.69, 9.17) is 11.6 Å². The normalized spacial score (nSPS) is 11.6. The molecular formula is C14H24ClN3O. The first-order valence-electron chi connectivity index (χ1n) is 6.81. The number of hydrogen-bond acceptors (Lipinski definition) is 3. The molecule has 0 atom stereocenters. The number of alkyl halides is 1. The van der Waals surface area contributed by atoms with Crippen LogP contribution in [0.3, 0.4) is 0 Å².